The molecule has 2 aromatic rings. The fourth-order valence-corrected chi connectivity index (χ4v) is 5.00. The van der Waals surface area contributed by atoms with Crippen molar-refractivity contribution in [3.63, 3.8) is 0 Å². The van der Waals surface area contributed by atoms with Gasteiger partial charge in [0.05, 0.1) is 12.5 Å². The first kappa shape index (κ1) is 16.8. The summed E-state index contributed by atoms with van der Waals surface area (Å²) in [6, 6.07) is 15.7. The summed E-state index contributed by atoms with van der Waals surface area (Å²) in [7, 11) is 1.67. The highest BCUT2D eigenvalue weighted by Crippen LogP contribution is 2.54. The molecule has 130 valence electrons. The Balaban J connectivity index is 1.64. The summed E-state index contributed by atoms with van der Waals surface area (Å²) in [6.45, 7) is 0.785. The van der Waals surface area contributed by atoms with E-state index in [1.807, 2.05) is 65.2 Å². The lowest BCUT2D eigenvalue weighted by Crippen LogP contribution is -2.39. The molecule has 5 heteroatoms. The molecular formula is C20H20ClNO2S. The van der Waals surface area contributed by atoms with Crippen LogP contribution < -0.4 is 4.74 Å². The van der Waals surface area contributed by atoms with Crippen LogP contribution in [-0.2, 0) is 10.2 Å². The minimum absolute atomic E-state index is 0.0666. The SMILES string of the molecule is COc1ccccc1C1(C(=O)N2CCSC2c2ccc(Cl)cc2)CC1. The number of para-hydroxylation sites is 1. The van der Waals surface area contributed by atoms with Gasteiger partial charge in [0.1, 0.15) is 11.1 Å². The molecule has 2 aliphatic rings. The molecule has 1 aliphatic carbocycles. The van der Waals surface area contributed by atoms with Crippen molar-refractivity contribution in [2.24, 2.45) is 0 Å². The third-order valence-electron chi connectivity index (χ3n) is 5.09. The molecule has 3 nitrogen and oxygen atoms in total. The van der Waals surface area contributed by atoms with Crippen LogP contribution in [-0.4, -0.2) is 30.2 Å². The standard InChI is InChI=1S/C20H20ClNO2S/c1-24-17-5-3-2-4-16(17)20(10-11-20)19(23)22-12-13-25-18(22)14-6-8-15(21)9-7-14/h2-9,18H,10-13H2,1H3. The molecule has 1 aliphatic heterocycles. The summed E-state index contributed by atoms with van der Waals surface area (Å²) < 4.78 is 5.52. The van der Waals surface area contributed by atoms with Crippen LogP contribution in [0.15, 0.2) is 48.5 Å². The van der Waals surface area contributed by atoms with Crippen molar-refractivity contribution in [3.8, 4) is 5.75 Å². The highest BCUT2D eigenvalue weighted by Gasteiger charge is 2.55. The average Bonchev–Trinajstić information content (AvgIpc) is 3.31. The van der Waals surface area contributed by atoms with Crippen LogP contribution >= 0.6 is 23.4 Å². The molecular weight excluding hydrogens is 354 g/mol. The van der Waals surface area contributed by atoms with Crippen molar-refractivity contribution >= 4 is 29.3 Å². The topological polar surface area (TPSA) is 29.5 Å². The van der Waals surface area contributed by atoms with Crippen molar-refractivity contribution in [2.45, 2.75) is 23.6 Å². The van der Waals surface area contributed by atoms with E-state index in [4.69, 9.17) is 16.3 Å². The number of amides is 1. The lowest BCUT2D eigenvalue weighted by Gasteiger charge is -2.29. The maximum Gasteiger partial charge on any atom is 0.234 e. The van der Waals surface area contributed by atoms with Gasteiger partial charge >= 0.3 is 0 Å². The summed E-state index contributed by atoms with van der Waals surface area (Å²) in [5, 5.41) is 0.786. The largest absolute Gasteiger partial charge is 0.496 e. The zero-order chi connectivity index (χ0) is 17.4. The first-order chi connectivity index (χ1) is 12.2. The second-order valence-corrected chi connectivity index (χ2v) is 8.18. The molecule has 1 unspecified atom stereocenters. The number of methoxy groups -OCH3 is 1. The number of rotatable bonds is 4. The Bertz CT molecular complexity index is 789. The molecule has 1 heterocycles. The second-order valence-electron chi connectivity index (χ2n) is 6.56. The van der Waals surface area contributed by atoms with Gasteiger partial charge in [-0.05, 0) is 36.6 Å². The quantitative estimate of drug-likeness (QED) is 0.781. The molecule has 1 saturated heterocycles. The molecule has 2 fully saturated rings. The van der Waals surface area contributed by atoms with Crippen molar-refractivity contribution < 1.29 is 9.53 Å². The van der Waals surface area contributed by atoms with E-state index in [0.29, 0.717) is 0 Å². The van der Waals surface area contributed by atoms with Gasteiger partial charge in [-0.15, -0.1) is 11.8 Å². The maximum absolute atomic E-state index is 13.5. The summed E-state index contributed by atoms with van der Waals surface area (Å²) in [4.78, 5) is 15.5. The number of hydrogen-bond acceptors (Lipinski definition) is 3. The Kier molecular flexibility index (Phi) is 4.42. The van der Waals surface area contributed by atoms with E-state index in [-0.39, 0.29) is 11.3 Å². The lowest BCUT2D eigenvalue weighted by molar-refractivity contribution is -0.134. The highest BCUT2D eigenvalue weighted by atomic mass is 35.5. The molecule has 0 spiro atoms. The predicted octanol–water partition coefficient (Wildman–Crippen LogP) is 4.65. The van der Waals surface area contributed by atoms with E-state index in [2.05, 4.69) is 0 Å². The molecule has 25 heavy (non-hydrogen) atoms. The summed E-state index contributed by atoms with van der Waals surface area (Å²) in [5.74, 6) is 1.99. The molecule has 1 atom stereocenters. The Morgan fingerprint density at radius 2 is 1.92 bits per heavy atom. The van der Waals surface area contributed by atoms with Gasteiger partial charge in [-0.2, -0.15) is 0 Å². The van der Waals surface area contributed by atoms with Gasteiger partial charge in [-0.3, -0.25) is 4.79 Å². The van der Waals surface area contributed by atoms with Crippen LogP contribution in [0.4, 0.5) is 0 Å². The molecule has 1 saturated carbocycles. The van der Waals surface area contributed by atoms with Gasteiger partial charge in [0.15, 0.2) is 0 Å². The number of nitrogens with zero attached hydrogens (tertiary/aromatic N) is 1. The first-order valence-corrected chi connectivity index (χ1v) is 9.90. The van der Waals surface area contributed by atoms with Crippen molar-refractivity contribution in [2.75, 3.05) is 19.4 Å². The van der Waals surface area contributed by atoms with Gasteiger partial charge < -0.3 is 9.64 Å². The fourth-order valence-electron chi connectivity index (χ4n) is 3.62. The van der Waals surface area contributed by atoms with E-state index in [0.717, 1.165) is 47.0 Å². The Hall–Kier alpha value is -1.65. The van der Waals surface area contributed by atoms with Crippen LogP contribution in [0.25, 0.3) is 0 Å². The molecule has 4 rings (SSSR count). The number of benzene rings is 2. The zero-order valence-electron chi connectivity index (χ0n) is 14.1. The van der Waals surface area contributed by atoms with Crippen molar-refractivity contribution in [1.29, 1.82) is 0 Å². The second kappa shape index (κ2) is 6.58. The third-order valence-corrected chi connectivity index (χ3v) is 6.60. The van der Waals surface area contributed by atoms with Crippen LogP contribution in [0.5, 0.6) is 5.75 Å². The number of carbonyl (C=O) groups is 1. The fraction of sp³-hybridized carbons (Fsp3) is 0.350. The van der Waals surface area contributed by atoms with Crippen LogP contribution in [0.2, 0.25) is 5.02 Å². The van der Waals surface area contributed by atoms with Gasteiger partial charge in [0.2, 0.25) is 5.91 Å². The van der Waals surface area contributed by atoms with Crippen LogP contribution in [0.1, 0.15) is 29.3 Å². The van der Waals surface area contributed by atoms with Crippen molar-refractivity contribution in [1.82, 2.24) is 4.90 Å². The number of carbonyl (C=O) groups excluding carboxylic acids is 1. The Labute approximate surface area is 157 Å². The van der Waals surface area contributed by atoms with E-state index in [1.165, 1.54) is 0 Å². The maximum atomic E-state index is 13.5. The number of halogens is 1. The summed E-state index contributed by atoms with van der Waals surface area (Å²) in [6.07, 6.45) is 1.78. The van der Waals surface area contributed by atoms with E-state index < -0.39 is 5.41 Å². The van der Waals surface area contributed by atoms with E-state index in [9.17, 15) is 4.79 Å². The lowest BCUT2D eigenvalue weighted by atomic mass is 9.93. The van der Waals surface area contributed by atoms with Crippen molar-refractivity contribution in [3.05, 3.63) is 64.7 Å². The van der Waals surface area contributed by atoms with Gasteiger partial charge in [-0.1, -0.05) is 41.9 Å². The number of ether oxygens (including phenoxy) is 1. The molecule has 1 amide bonds. The predicted molar refractivity (Wildman–Crippen MR) is 102 cm³/mol. The zero-order valence-corrected chi connectivity index (χ0v) is 15.6. The highest BCUT2D eigenvalue weighted by molar-refractivity contribution is 7.99. The Morgan fingerprint density at radius 3 is 2.60 bits per heavy atom. The van der Waals surface area contributed by atoms with E-state index in [1.54, 1.807) is 7.11 Å². The van der Waals surface area contributed by atoms with Crippen LogP contribution in [0.3, 0.4) is 0 Å². The summed E-state index contributed by atoms with van der Waals surface area (Å²) >= 11 is 7.83. The van der Waals surface area contributed by atoms with Crippen LogP contribution in [0, 0.1) is 0 Å². The van der Waals surface area contributed by atoms with Gasteiger partial charge in [-0.25, -0.2) is 0 Å². The van der Waals surface area contributed by atoms with E-state index >= 15 is 0 Å². The molecule has 2 aromatic carbocycles. The number of hydrogen-bond donors (Lipinski definition) is 0. The molecule has 0 bridgehead atoms. The molecule has 0 aromatic heterocycles. The van der Waals surface area contributed by atoms with Gasteiger partial charge in [0.25, 0.3) is 0 Å². The molecule has 0 radical (unpaired) electrons. The summed E-state index contributed by atoms with van der Waals surface area (Å²) in [5.41, 5.74) is 1.74. The normalized spacial score (nSPS) is 21.2. The smallest absolute Gasteiger partial charge is 0.234 e. The van der Waals surface area contributed by atoms with Gasteiger partial charge in [0, 0.05) is 22.9 Å². The number of thioether (sulfide) groups is 1. The minimum Gasteiger partial charge on any atom is -0.496 e. The minimum atomic E-state index is -0.415. The first-order valence-electron chi connectivity index (χ1n) is 8.47. The monoisotopic (exact) mass is 373 g/mol. The molecule has 0 N–H and O–H groups in total. The Morgan fingerprint density at radius 1 is 1.20 bits per heavy atom. The average molecular weight is 374 g/mol. The third kappa shape index (κ3) is 2.91.